The van der Waals surface area contributed by atoms with Crippen LogP contribution in [0.15, 0.2) is 73.1 Å². The Kier molecular flexibility index (Phi) is 5.64. The molecule has 0 aliphatic rings. The lowest BCUT2D eigenvalue weighted by Crippen LogP contribution is -2.04. The van der Waals surface area contributed by atoms with Gasteiger partial charge in [0, 0.05) is 30.2 Å². The molecule has 0 unspecified atom stereocenters. The van der Waals surface area contributed by atoms with Gasteiger partial charge in [-0.25, -0.2) is 4.68 Å². The number of benzene rings is 2. The summed E-state index contributed by atoms with van der Waals surface area (Å²) < 4.78 is 4.47. The van der Waals surface area contributed by atoms with Gasteiger partial charge in [-0.3, -0.25) is 9.55 Å². The van der Waals surface area contributed by atoms with Crippen LogP contribution in [0.3, 0.4) is 0 Å². The lowest BCUT2D eigenvalue weighted by molar-refractivity contribution is 0.282. The molecule has 0 radical (unpaired) electrons. The highest BCUT2D eigenvalue weighted by Crippen LogP contribution is 2.26. The first-order chi connectivity index (χ1) is 14.2. The van der Waals surface area contributed by atoms with Gasteiger partial charge in [-0.2, -0.15) is 5.10 Å². The molecule has 0 amide bonds. The lowest BCUT2D eigenvalue weighted by Gasteiger charge is -2.10. The van der Waals surface area contributed by atoms with Crippen molar-refractivity contribution in [2.24, 2.45) is 0 Å². The van der Waals surface area contributed by atoms with Crippen molar-refractivity contribution in [1.29, 1.82) is 0 Å². The van der Waals surface area contributed by atoms with Gasteiger partial charge in [0.25, 0.3) is 0 Å². The van der Waals surface area contributed by atoms with Crippen LogP contribution < -0.4 is 0 Å². The van der Waals surface area contributed by atoms with Crippen LogP contribution in [0.5, 0.6) is 0 Å². The fraction of sp³-hybridized carbons (Fsp3) is 0.174. The highest BCUT2D eigenvalue weighted by Gasteiger charge is 2.17. The topological polar surface area (TPSA) is 55.9 Å². The Labute approximate surface area is 174 Å². The molecule has 2 heterocycles. The average Bonchev–Trinajstić information content (AvgIpc) is 3.09. The predicted molar refractivity (Wildman–Crippen MR) is 116 cm³/mol. The number of hydrogen-bond acceptors (Lipinski definition) is 4. The first kappa shape index (κ1) is 19.2. The number of aliphatic hydroxyl groups is 1. The van der Waals surface area contributed by atoms with E-state index in [9.17, 15) is 5.11 Å². The minimum Gasteiger partial charge on any atom is -0.392 e. The van der Waals surface area contributed by atoms with Crippen molar-refractivity contribution in [3.63, 3.8) is 0 Å². The van der Waals surface area contributed by atoms with Crippen molar-refractivity contribution in [3.05, 3.63) is 94.5 Å². The van der Waals surface area contributed by atoms with Gasteiger partial charge in [0.2, 0.25) is 4.77 Å². The van der Waals surface area contributed by atoms with Crippen molar-refractivity contribution in [2.45, 2.75) is 26.5 Å². The summed E-state index contributed by atoms with van der Waals surface area (Å²) in [5, 5.41) is 14.7. The molecule has 4 rings (SSSR count). The second-order valence-corrected chi connectivity index (χ2v) is 7.29. The Morgan fingerprint density at radius 1 is 0.966 bits per heavy atom. The zero-order valence-electron chi connectivity index (χ0n) is 16.2. The minimum atomic E-state index is -0.0549. The van der Waals surface area contributed by atoms with Crippen LogP contribution in [-0.2, 0) is 19.6 Å². The first-order valence-electron chi connectivity index (χ1n) is 9.52. The van der Waals surface area contributed by atoms with Crippen LogP contribution in [0, 0.1) is 11.7 Å². The van der Waals surface area contributed by atoms with Crippen LogP contribution >= 0.6 is 12.2 Å². The van der Waals surface area contributed by atoms with E-state index in [1.807, 2.05) is 57.8 Å². The van der Waals surface area contributed by atoms with Gasteiger partial charge in [-0.1, -0.05) is 42.0 Å². The third kappa shape index (κ3) is 4.04. The van der Waals surface area contributed by atoms with Crippen LogP contribution in [0.2, 0.25) is 0 Å². The van der Waals surface area contributed by atoms with Crippen molar-refractivity contribution in [2.75, 3.05) is 0 Å². The normalized spacial score (nSPS) is 11.0. The SMILES string of the molecule is Cc1ccc(-n2c(-c3ccccc3CO)nn(CCc3ccncc3)c2=S)cc1. The summed E-state index contributed by atoms with van der Waals surface area (Å²) in [5.74, 6) is 0.734. The average molecular weight is 403 g/mol. The molecule has 146 valence electrons. The van der Waals surface area contributed by atoms with E-state index in [2.05, 4.69) is 24.0 Å². The van der Waals surface area contributed by atoms with Gasteiger partial charge >= 0.3 is 0 Å². The Morgan fingerprint density at radius 3 is 2.41 bits per heavy atom. The zero-order valence-corrected chi connectivity index (χ0v) is 17.0. The number of nitrogens with zero attached hydrogens (tertiary/aromatic N) is 4. The second kappa shape index (κ2) is 8.51. The summed E-state index contributed by atoms with van der Waals surface area (Å²) in [5.41, 5.74) is 5.02. The van der Waals surface area contributed by atoms with E-state index in [0.29, 0.717) is 11.3 Å². The largest absolute Gasteiger partial charge is 0.392 e. The van der Waals surface area contributed by atoms with Gasteiger partial charge < -0.3 is 5.11 Å². The molecule has 0 spiro atoms. The fourth-order valence-electron chi connectivity index (χ4n) is 3.32. The lowest BCUT2D eigenvalue weighted by atomic mass is 10.1. The third-order valence-electron chi connectivity index (χ3n) is 4.92. The van der Waals surface area contributed by atoms with Gasteiger partial charge in [-0.15, -0.1) is 0 Å². The first-order valence-corrected chi connectivity index (χ1v) is 9.93. The summed E-state index contributed by atoms with van der Waals surface area (Å²) in [6.45, 7) is 2.67. The molecule has 5 nitrogen and oxygen atoms in total. The molecule has 29 heavy (non-hydrogen) atoms. The summed E-state index contributed by atoms with van der Waals surface area (Å²) in [4.78, 5) is 4.07. The number of aryl methyl sites for hydroxylation is 3. The number of hydrogen-bond donors (Lipinski definition) is 1. The van der Waals surface area contributed by atoms with Gasteiger partial charge in [-0.05, 0) is 61.0 Å². The van der Waals surface area contributed by atoms with E-state index in [1.54, 1.807) is 12.4 Å². The number of aliphatic hydroxyl groups excluding tert-OH is 1. The quantitative estimate of drug-likeness (QED) is 0.482. The van der Waals surface area contributed by atoms with Crippen LogP contribution in [0.1, 0.15) is 16.7 Å². The van der Waals surface area contributed by atoms with Gasteiger partial charge in [0.1, 0.15) is 0 Å². The maximum absolute atomic E-state index is 9.83. The minimum absolute atomic E-state index is 0.0549. The molecule has 1 N–H and O–H groups in total. The highest BCUT2D eigenvalue weighted by atomic mass is 32.1. The van der Waals surface area contributed by atoms with Crippen molar-refractivity contribution in [1.82, 2.24) is 19.3 Å². The molecular weight excluding hydrogens is 380 g/mol. The molecule has 0 saturated carbocycles. The summed E-state index contributed by atoms with van der Waals surface area (Å²) in [7, 11) is 0. The molecule has 0 aliphatic carbocycles. The highest BCUT2D eigenvalue weighted by molar-refractivity contribution is 7.71. The van der Waals surface area contributed by atoms with E-state index in [0.717, 1.165) is 29.1 Å². The van der Waals surface area contributed by atoms with Crippen molar-refractivity contribution < 1.29 is 5.11 Å². The van der Waals surface area contributed by atoms with Crippen molar-refractivity contribution in [3.8, 4) is 17.1 Å². The fourth-order valence-corrected chi connectivity index (χ4v) is 3.64. The molecular formula is C23H22N4OS. The molecule has 0 atom stereocenters. The second-order valence-electron chi connectivity index (χ2n) is 6.92. The van der Waals surface area contributed by atoms with Crippen LogP contribution in [0.4, 0.5) is 0 Å². The van der Waals surface area contributed by atoms with E-state index >= 15 is 0 Å². The number of rotatable bonds is 6. The number of aromatic nitrogens is 4. The molecule has 0 saturated heterocycles. The summed E-state index contributed by atoms with van der Waals surface area (Å²) in [6, 6.07) is 20.0. The Bertz CT molecular complexity index is 1160. The number of pyridine rings is 1. The Balaban J connectivity index is 1.82. The van der Waals surface area contributed by atoms with Gasteiger partial charge in [0.05, 0.1) is 6.61 Å². The van der Waals surface area contributed by atoms with E-state index < -0.39 is 0 Å². The van der Waals surface area contributed by atoms with Crippen molar-refractivity contribution >= 4 is 12.2 Å². The maximum atomic E-state index is 9.83. The zero-order chi connectivity index (χ0) is 20.2. The molecule has 2 aromatic heterocycles. The molecule has 0 bridgehead atoms. The molecule has 4 aromatic rings. The third-order valence-corrected chi connectivity index (χ3v) is 5.32. The van der Waals surface area contributed by atoms with E-state index in [-0.39, 0.29) is 6.61 Å². The van der Waals surface area contributed by atoms with Crippen LogP contribution in [0.25, 0.3) is 17.1 Å². The Hall–Kier alpha value is -3.09. The Morgan fingerprint density at radius 2 is 1.69 bits per heavy atom. The summed E-state index contributed by atoms with van der Waals surface area (Å²) >= 11 is 5.81. The standard InChI is InChI=1S/C23H22N4OS/c1-17-6-8-20(9-7-17)27-22(21-5-3-2-4-19(21)16-28)25-26(23(27)29)15-12-18-10-13-24-14-11-18/h2-11,13-14,28H,12,15-16H2,1H3. The predicted octanol–water partition coefficient (Wildman–Crippen LogP) is 4.51. The molecule has 0 aliphatic heterocycles. The maximum Gasteiger partial charge on any atom is 0.202 e. The molecule has 0 fully saturated rings. The smallest absolute Gasteiger partial charge is 0.202 e. The van der Waals surface area contributed by atoms with Crippen LogP contribution in [-0.4, -0.2) is 24.4 Å². The van der Waals surface area contributed by atoms with Gasteiger partial charge in [0.15, 0.2) is 5.82 Å². The molecule has 6 heteroatoms. The monoisotopic (exact) mass is 402 g/mol. The van der Waals surface area contributed by atoms with E-state index in [4.69, 9.17) is 17.3 Å². The summed E-state index contributed by atoms with van der Waals surface area (Å²) in [6.07, 6.45) is 4.40. The molecule has 2 aromatic carbocycles. The van der Waals surface area contributed by atoms with E-state index in [1.165, 1.54) is 11.1 Å².